The monoisotopic (exact) mass is 556 g/mol. The molecular formula is C32H44O8. The second-order valence-corrected chi connectivity index (χ2v) is 11.3. The topological polar surface area (TPSA) is 89.5 Å². The van der Waals surface area contributed by atoms with Gasteiger partial charge in [0.05, 0.1) is 18.6 Å². The number of hydrogen-bond donors (Lipinski definition) is 0. The second kappa shape index (κ2) is 15.3. The summed E-state index contributed by atoms with van der Waals surface area (Å²) in [6, 6.07) is 19.4. The van der Waals surface area contributed by atoms with E-state index in [0.29, 0.717) is 6.42 Å². The third-order valence-corrected chi connectivity index (χ3v) is 6.87. The van der Waals surface area contributed by atoms with E-state index in [-0.39, 0.29) is 31.7 Å². The first-order chi connectivity index (χ1) is 19.1. The Morgan fingerprint density at radius 3 is 1.93 bits per heavy atom. The SMILES string of the molecule is CC[C@H](C)CC(=O)OC[C@H]1O[C@H](OC)[C@H](OCc2ccccc2)[C@@H](OCc2ccccc2)[C@@H]1OC(=O)C(C)(C)C. The quantitative estimate of drug-likeness (QED) is 0.300. The minimum atomic E-state index is -0.918. The Bertz CT molecular complexity index is 1040. The van der Waals surface area contributed by atoms with Gasteiger partial charge in [-0.25, -0.2) is 0 Å². The number of methoxy groups -OCH3 is 1. The Balaban J connectivity index is 1.90. The van der Waals surface area contributed by atoms with Gasteiger partial charge >= 0.3 is 11.9 Å². The first-order valence-corrected chi connectivity index (χ1v) is 14.0. The summed E-state index contributed by atoms with van der Waals surface area (Å²) in [5, 5.41) is 0. The molecule has 0 radical (unpaired) electrons. The molecule has 1 aliphatic heterocycles. The minimum absolute atomic E-state index is 0.117. The molecule has 8 heteroatoms. The number of hydrogen-bond acceptors (Lipinski definition) is 8. The van der Waals surface area contributed by atoms with Crippen LogP contribution in [0.15, 0.2) is 60.7 Å². The van der Waals surface area contributed by atoms with Crippen molar-refractivity contribution in [3.63, 3.8) is 0 Å². The normalized spacial score (nSPS) is 23.8. The molecule has 2 aromatic rings. The summed E-state index contributed by atoms with van der Waals surface area (Å²) in [5.74, 6) is -0.571. The molecule has 40 heavy (non-hydrogen) atoms. The van der Waals surface area contributed by atoms with Crippen LogP contribution in [0.2, 0.25) is 0 Å². The van der Waals surface area contributed by atoms with Gasteiger partial charge in [-0.1, -0.05) is 80.9 Å². The highest BCUT2D eigenvalue weighted by molar-refractivity contribution is 5.75. The maximum atomic E-state index is 13.1. The largest absolute Gasteiger partial charge is 0.463 e. The molecule has 0 spiro atoms. The van der Waals surface area contributed by atoms with Crippen LogP contribution in [0.4, 0.5) is 0 Å². The van der Waals surface area contributed by atoms with Crippen LogP contribution in [-0.4, -0.2) is 56.4 Å². The molecule has 0 unspecified atom stereocenters. The summed E-state index contributed by atoms with van der Waals surface area (Å²) >= 11 is 0. The maximum absolute atomic E-state index is 13.1. The van der Waals surface area contributed by atoms with Gasteiger partial charge < -0.3 is 28.4 Å². The van der Waals surface area contributed by atoms with E-state index in [0.717, 1.165) is 17.5 Å². The van der Waals surface area contributed by atoms with E-state index in [4.69, 9.17) is 28.4 Å². The highest BCUT2D eigenvalue weighted by Gasteiger charge is 2.51. The zero-order chi connectivity index (χ0) is 29.1. The lowest BCUT2D eigenvalue weighted by Crippen LogP contribution is -2.62. The minimum Gasteiger partial charge on any atom is -0.463 e. The van der Waals surface area contributed by atoms with Crippen LogP contribution in [0.3, 0.4) is 0 Å². The molecule has 220 valence electrons. The van der Waals surface area contributed by atoms with Crippen molar-refractivity contribution in [2.75, 3.05) is 13.7 Å². The first-order valence-electron chi connectivity index (χ1n) is 14.0. The number of rotatable bonds is 13. The van der Waals surface area contributed by atoms with E-state index >= 15 is 0 Å². The molecule has 1 saturated heterocycles. The average Bonchev–Trinajstić information content (AvgIpc) is 2.95. The van der Waals surface area contributed by atoms with E-state index in [1.807, 2.05) is 74.5 Å². The van der Waals surface area contributed by atoms with Gasteiger partial charge in [-0.15, -0.1) is 0 Å². The molecule has 0 N–H and O–H groups in total. The summed E-state index contributed by atoms with van der Waals surface area (Å²) in [4.78, 5) is 25.7. The summed E-state index contributed by atoms with van der Waals surface area (Å²) in [7, 11) is 1.52. The van der Waals surface area contributed by atoms with Crippen molar-refractivity contribution < 1.29 is 38.0 Å². The van der Waals surface area contributed by atoms with Gasteiger partial charge in [0.25, 0.3) is 0 Å². The predicted molar refractivity (Wildman–Crippen MR) is 150 cm³/mol. The standard InChI is InChI=1S/C32H44O8/c1-7-22(2)18-26(33)36-21-25-27(40-31(34)32(3,4)5)28(37-19-23-14-10-8-11-15-23)29(30(35-6)39-25)38-20-24-16-12-9-13-17-24/h8-17,22,25,27-30H,7,18-21H2,1-6H3/t22-,25+,27+,28-,29+,30-/m0/s1. The molecule has 0 bridgehead atoms. The molecule has 0 aliphatic carbocycles. The maximum Gasteiger partial charge on any atom is 0.311 e. The van der Waals surface area contributed by atoms with Gasteiger partial charge in [0.15, 0.2) is 12.4 Å². The van der Waals surface area contributed by atoms with Crippen LogP contribution >= 0.6 is 0 Å². The zero-order valence-electron chi connectivity index (χ0n) is 24.5. The molecule has 2 aromatic carbocycles. The fourth-order valence-electron chi connectivity index (χ4n) is 4.21. The Morgan fingerprint density at radius 1 is 0.875 bits per heavy atom. The second-order valence-electron chi connectivity index (χ2n) is 11.3. The molecule has 0 aromatic heterocycles. The lowest BCUT2D eigenvalue weighted by molar-refractivity contribution is -0.317. The molecule has 1 fully saturated rings. The van der Waals surface area contributed by atoms with Crippen molar-refractivity contribution in [3.05, 3.63) is 71.8 Å². The van der Waals surface area contributed by atoms with Gasteiger partial charge in [0, 0.05) is 13.5 Å². The Kier molecular flexibility index (Phi) is 12.1. The first kappa shape index (κ1) is 31.7. The summed E-state index contributed by atoms with van der Waals surface area (Å²) in [5.41, 5.74) is 1.13. The molecule has 8 nitrogen and oxygen atoms in total. The average molecular weight is 557 g/mol. The van der Waals surface area contributed by atoms with E-state index in [2.05, 4.69) is 0 Å². The van der Waals surface area contributed by atoms with Gasteiger partial charge in [0.1, 0.15) is 24.9 Å². The molecule has 0 saturated carbocycles. The van der Waals surface area contributed by atoms with Crippen LogP contribution in [0.25, 0.3) is 0 Å². The van der Waals surface area contributed by atoms with Gasteiger partial charge in [-0.05, 0) is 37.8 Å². The van der Waals surface area contributed by atoms with E-state index in [1.54, 1.807) is 20.8 Å². The van der Waals surface area contributed by atoms with Crippen LogP contribution in [0, 0.1) is 11.3 Å². The van der Waals surface area contributed by atoms with Crippen molar-refractivity contribution >= 4 is 11.9 Å². The molecule has 1 aliphatic rings. The van der Waals surface area contributed by atoms with Crippen molar-refractivity contribution in [1.29, 1.82) is 0 Å². The number of carbonyl (C=O) groups excluding carboxylic acids is 2. The van der Waals surface area contributed by atoms with E-state index < -0.39 is 42.1 Å². The number of esters is 2. The predicted octanol–water partition coefficient (Wildman–Crippen LogP) is 5.47. The molecule has 3 rings (SSSR count). The summed E-state index contributed by atoms with van der Waals surface area (Å²) in [6.45, 7) is 9.76. The van der Waals surface area contributed by atoms with E-state index in [1.165, 1.54) is 7.11 Å². The van der Waals surface area contributed by atoms with Crippen molar-refractivity contribution in [2.24, 2.45) is 11.3 Å². The molecular weight excluding hydrogens is 512 g/mol. The lowest BCUT2D eigenvalue weighted by Gasteiger charge is -2.45. The van der Waals surface area contributed by atoms with Crippen molar-refractivity contribution in [1.82, 2.24) is 0 Å². The third-order valence-electron chi connectivity index (χ3n) is 6.87. The smallest absolute Gasteiger partial charge is 0.311 e. The van der Waals surface area contributed by atoms with Crippen molar-refractivity contribution in [3.8, 4) is 0 Å². The van der Waals surface area contributed by atoms with Crippen molar-refractivity contribution in [2.45, 2.75) is 91.4 Å². The Morgan fingerprint density at radius 2 is 1.43 bits per heavy atom. The summed E-state index contributed by atoms with van der Waals surface area (Å²) < 4.78 is 36.4. The fraction of sp³-hybridized carbons (Fsp3) is 0.562. The van der Waals surface area contributed by atoms with Gasteiger partial charge in [-0.3, -0.25) is 9.59 Å². The van der Waals surface area contributed by atoms with Crippen LogP contribution < -0.4 is 0 Å². The van der Waals surface area contributed by atoms with Gasteiger partial charge in [0.2, 0.25) is 0 Å². The number of carbonyl (C=O) groups is 2. The van der Waals surface area contributed by atoms with Crippen LogP contribution in [0.5, 0.6) is 0 Å². The highest BCUT2D eigenvalue weighted by Crippen LogP contribution is 2.32. The molecule has 0 amide bonds. The summed E-state index contributed by atoms with van der Waals surface area (Å²) in [6.07, 6.45) is -2.95. The Hall–Kier alpha value is -2.78. The molecule has 1 heterocycles. The zero-order valence-corrected chi connectivity index (χ0v) is 24.5. The van der Waals surface area contributed by atoms with Crippen LogP contribution in [0.1, 0.15) is 58.6 Å². The molecule has 6 atom stereocenters. The van der Waals surface area contributed by atoms with Gasteiger partial charge in [-0.2, -0.15) is 0 Å². The number of benzene rings is 2. The Labute approximate surface area is 238 Å². The third kappa shape index (κ3) is 9.41. The fourth-order valence-corrected chi connectivity index (χ4v) is 4.21. The number of ether oxygens (including phenoxy) is 6. The highest BCUT2D eigenvalue weighted by atomic mass is 16.7. The lowest BCUT2D eigenvalue weighted by atomic mass is 9.95. The van der Waals surface area contributed by atoms with E-state index in [9.17, 15) is 9.59 Å². The van der Waals surface area contributed by atoms with Crippen LogP contribution in [-0.2, 0) is 51.2 Å².